The summed E-state index contributed by atoms with van der Waals surface area (Å²) in [6.45, 7) is 3.08. The molecule has 0 bridgehead atoms. The van der Waals surface area contributed by atoms with Crippen LogP contribution in [0.2, 0.25) is 0 Å². The first-order chi connectivity index (χ1) is 14.4. The van der Waals surface area contributed by atoms with Gasteiger partial charge in [0.2, 0.25) is 15.9 Å². The number of hydrogen-bond donors (Lipinski definition) is 1. The lowest BCUT2D eigenvalue weighted by Gasteiger charge is -2.34. The summed E-state index contributed by atoms with van der Waals surface area (Å²) in [5, 5.41) is 1.94. The number of halogens is 5. The molecule has 1 aromatic carbocycles. The van der Waals surface area contributed by atoms with Gasteiger partial charge in [0.05, 0.1) is 17.3 Å². The van der Waals surface area contributed by atoms with E-state index in [4.69, 9.17) is 0 Å². The minimum absolute atomic E-state index is 0.157. The number of anilines is 1. The van der Waals surface area contributed by atoms with Crippen LogP contribution >= 0.6 is 0 Å². The summed E-state index contributed by atoms with van der Waals surface area (Å²) in [7, 11) is -3.78. The second-order valence-electron chi connectivity index (χ2n) is 6.97. The zero-order valence-corrected chi connectivity index (χ0v) is 17.0. The SMILES string of the molecule is CCS(=O)(=O)n1c(N2NC3=NC(C(F)(F)C(F)(F)F)=NC3=CC2C)cc2ccccc21. The lowest BCUT2D eigenvalue weighted by molar-refractivity contribution is -0.249. The van der Waals surface area contributed by atoms with Crippen LogP contribution in [0.1, 0.15) is 13.8 Å². The van der Waals surface area contributed by atoms with Crippen LogP contribution in [-0.4, -0.2) is 48.0 Å². The molecular weight excluding hydrogens is 445 g/mol. The number of hydrazine groups is 1. The second-order valence-corrected chi connectivity index (χ2v) is 9.07. The summed E-state index contributed by atoms with van der Waals surface area (Å²) in [5.41, 5.74) is 2.87. The van der Waals surface area contributed by atoms with E-state index in [1.165, 1.54) is 18.0 Å². The first kappa shape index (κ1) is 21.3. The summed E-state index contributed by atoms with van der Waals surface area (Å²) >= 11 is 0. The number of amidine groups is 2. The van der Waals surface area contributed by atoms with E-state index in [0.717, 1.165) is 3.97 Å². The van der Waals surface area contributed by atoms with Crippen LogP contribution in [0.25, 0.3) is 10.9 Å². The first-order valence-electron chi connectivity index (χ1n) is 9.11. The van der Waals surface area contributed by atoms with Gasteiger partial charge in [0.25, 0.3) is 0 Å². The van der Waals surface area contributed by atoms with Crippen LogP contribution in [0, 0.1) is 0 Å². The molecule has 2 aliphatic heterocycles. The molecule has 1 N–H and O–H groups in total. The van der Waals surface area contributed by atoms with Crippen LogP contribution in [-0.2, 0) is 10.0 Å². The first-order valence-corrected chi connectivity index (χ1v) is 10.7. The van der Waals surface area contributed by atoms with Crippen LogP contribution in [0.5, 0.6) is 0 Å². The third-order valence-electron chi connectivity index (χ3n) is 4.89. The van der Waals surface area contributed by atoms with Crippen LogP contribution < -0.4 is 10.4 Å². The average Bonchev–Trinajstić information content (AvgIpc) is 3.27. The Labute approximate surface area is 173 Å². The minimum Gasteiger partial charge on any atom is -0.278 e. The molecule has 4 rings (SSSR count). The van der Waals surface area contributed by atoms with E-state index < -0.39 is 34.0 Å². The van der Waals surface area contributed by atoms with Crippen molar-refractivity contribution in [3.05, 3.63) is 42.1 Å². The molecule has 1 atom stereocenters. The van der Waals surface area contributed by atoms with Gasteiger partial charge in [0.15, 0.2) is 5.84 Å². The van der Waals surface area contributed by atoms with E-state index in [1.807, 2.05) is 0 Å². The molecule has 3 heterocycles. The molecule has 2 aromatic rings. The number of alkyl halides is 5. The van der Waals surface area contributed by atoms with Crippen molar-refractivity contribution in [2.45, 2.75) is 32.0 Å². The molecule has 0 radical (unpaired) electrons. The van der Waals surface area contributed by atoms with Gasteiger partial charge < -0.3 is 0 Å². The smallest absolute Gasteiger partial charge is 0.278 e. The van der Waals surface area contributed by atoms with Crippen molar-refractivity contribution in [3.8, 4) is 0 Å². The maximum Gasteiger partial charge on any atom is 0.461 e. The predicted octanol–water partition coefficient (Wildman–Crippen LogP) is 3.44. The van der Waals surface area contributed by atoms with Gasteiger partial charge in [-0.2, -0.15) is 22.0 Å². The lowest BCUT2D eigenvalue weighted by atomic mass is 10.2. The molecule has 0 saturated carbocycles. The van der Waals surface area contributed by atoms with Gasteiger partial charge in [-0.05, 0) is 32.1 Å². The topological polar surface area (TPSA) is 79.1 Å². The highest BCUT2D eigenvalue weighted by Gasteiger charge is 2.62. The number of benzene rings is 1. The van der Waals surface area contributed by atoms with E-state index in [0.29, 0.717) is 10.9 Å². The van der Waals surface area contributed by atoms with Gasteiger partial charge in [-0.3, -0.25) is 10.4 Å². The van der Waals surface area contributed by atoms with E-state index in [2.05, 4.69) is 15.4 Å². The largest absolute Gasteiger partial charge is 0.461 e. The highest BCUT2D eigenvalue weighted by Crippen LogP contribution is 2.39. The molecule has 166 valence electrons. The summed E-state index contributed by atoms with van der Waals surface area (Å²) in [5.74, 6) is -7.29. The van der Waals surface area contributed by atoms with Crippen molar-refractivity contribution < 1.29 is 30.4 Å². The van der Waals surface area contributed by atoms with E-state index in [1.54, 1.807) is 37.3 Å². The number of aromatic nitrogens is 1. The number of hydrogen-bond acceptors (Lipinski definition) is 6. The Balaban J connectivity index is 1.80. The molecule has 31 heavy (non-hydrogen) atoms. The molecule has 2 aliphatic rings. The van der Waals surface area contributed by atoms with Crippen LogP contribution in [0.3, 0.4) is 0 Å². The van der Waals surface area contributed by atoms with Crippen LogP contribution in [0.15, 0.2) is 52.1 Å². The molecule has 0 saturated heterocycles. The lowest BCUT2D eigenvalue weighted by Crippen LogP contribution is -2.51. The van der Waals surface area contributed by atoms with Gasteiger partial charge in [-0.15, -0.1) is 0 Å². The summed E-state index contributed by atoms with van der Waals surface area (Å²) < 4.78 is 92.1. The number of aliphatic imine (C=N–C) groups is 2. The fourth-order valence-corrected chi connectivity index (χ4v) is 4.46. The van der Waals surface area contributed by atoms with Gasteiger partial charge >= 0.3 is 12.1 Å². The van der Waals surface area contributed by atoms with Gasteiger partial charge in [-0.1, -0.05) is 18.2 Å². The Kier molecular flexibility index (Phi) is 4.65. The predicted molar refractivity (Wildman–Crippen MR) is 106 cm³/mol. The molecule has 0 aliphatic carbocycles. The Morgan fingerprint density at radius 2 is 1.81 bits per heavy atom. The van der Waals surface area contributed by atoms with Crippen LogP contribution in [0.4, 0.5) is 27.8 Å². The fourth-order valence-electron chi connectivity index (χ4n) is 3.31. The molecule has 0 amide bonds. The summed E-state index contributed by atoms with van der Waals surface area (Å²) in [4.78, 5) is 6.69. The standard InChI is InChI=1S/C18H16F5N5O2S/c1-3-31(29,30)28-13-7-5-4-6-11(13)9-14(28)27-10(2)8-12-15(26-27)25-16(24-12)17(19,20)18(21,22)23/h4-10H,3H2,1-2H3,(H,24,25,26). The molecule has 13 heteroatoms. The highest BCUT2D eigenvalue weighted by atomic mass is 32.2. The van der Waals surface area contributed by atoms with Crippen molar-refractivity contribution >= 4 is 38.4 Å². The molecule has 1 unspecified atom stereocenters. The van der Waals surface area contributed by atoms with E-state index in [-0.39, 0.29) is 23.1 Å². The third-order valence-corrected chi connectivity index (χ3v) is 6.56. The fraction of sp³-hybridized carbons (Fsp3) is 0.333. The Morgan fingerprint density at radius 1 is 1.13 bits per heavy atom. The maximum absolute atomic E-state index is 13.7. The number of para-hydroxylation sites is 1. The highest BCUT2D eigenvalue weighted by molar-refractivity contribution is 7.90. The second kappa shape index (κ2) is 6.77. The molecule has 0 fully saturated rings. The minimum atomic E-state index is -5.85. The summed E-state index contributed by atoms with van der Waals surface area (Å²) in [6, 6.07) is 7.63. The molecular formula is C18H16F5N5O2S. The molecule has 0 spiro atoms. The quantitative estimate of drug-likeness (QED) is 0.708. The summed E-state index contributed by atoms with van der Waals surface area (Å²) in [6.07, 6.45) is -4.52. The Hall–Kier alpha value is -2.96. The van der Waals surface area contributed by atoms with Crippen molar-refractivity contribution in [2.75, 3.05) is 10.8 Å². The van der Waals surface area contributed by atoms with Crippen molar-refractivity contribution in [2.24, 2.45) is 9.98 Å². The zero-order valence-electron chi connectivity index (χ0n) is 16.2. The van der Waals surface area contributed by atoms with Crippen molar-refractivity contribution in [1.29, 1.82) is 0 Å². The number of nitrogens with zero attached hydrogens (tertiary/aromatic N) is 4. The van der Waals surface area contributed by atoms with Crippen molar-refractivity contribution in [3.63, 3.8) is 0 Å². The normalized spacial score (nSPS) is 19.6. The van der Waals surface area contributed by atoms with Gasteiger partial charge in [-0.25, -0.2) is 22.4 Å². The monoisotopic (exact) mass is 461 g/mol. The van der Waals surface area contributed by atoms with Gasteiger partial charge in [0.1, 0.15) is 11.5 Å². The number of rotatable bonds is 4. The average molecular weight is 461 g/mol. The number of nitrogens with one attached hydrogen (secondary N) is 1. The van der Waals surface area contributed by atoms with Gasteiger partial charge in [0, 0.05) is 5.39 Å². The third kappa shape index (κ3) is 3.27. The Bertz CT molecular complexity index is 1260. The number of fused-ring (bicyclic) bond motifs is 2. The maximum atomic E-state index is 13.7. The molecule has 7 nitrogen and oxygen atoms in total. The Morgan fingerprint density at radius 3 is 2.45 bits per heavy atom. The zero-order chi connectivity index (χ0) is 22.8. The van der Waals surface area contributed by atoms with Crippen molar-refractivity contribution in [1.82, 2.24) is 9.40 Å². The molecule has 1 aromatic heterocycles. The van der Waals surface area contributed by atoms with E-state index >= 15 is 0 Å². The van der Waals surface area contributed by atoms with E-state index in [9.17, 15) is 30.4 Å².